The van der Waals surface area contributed by atoms with E-state index in [1.807, 2.05) is 6.92 Å². The highest BCUT2D eigenvalue weighted by molar-refractivity contribution is 9.10. The predicted octanol–water partition coefficient (Wildman–Crippen LogP) is 2.39. The summed E-state index contributed by atoms with van der Waals surface area (Å²) in [6.07, 6.45) is 3.63. The third-order valence-electron chi connectivity index (χ3n) is 2.21. The molecule has 0 aliphatic heterocycles. The fourth-order valence-corrected chi connectivity index (χ4v) is 3.20. The first-order valence-corrected chi connectivity index (χ1v) is 7.93. The van der Waals surface area contributed by atoms with Crippen LogP contribution in [0, 0.1) is 5.92 Å². The summed E-state index contributed by atoms with van der Waals surface area (Å²) < 4.78 is 26.9. The number of nitrogens with zero attached hydrogens (tertiary/aromatic N) is 1. The SMILES string of the molecule is CC(CCCl)CNS(=O)(=O)c1cncc(Br)c1. The molecule has 7 heteroatoms. The van der Waals surface area contributed by atoms with Crippen LogP contribution < -0.4 is 4.72 Å². The van der Waals surface area contributed by atoms with Gasteiger partial charge in [-0.1, -0.05) is 6.92 Å². The summed E-state index contributed by atoms with van der Waals surface area (Å²) in [5.74, 6) is 0.740. The molecule has 0 saturated carbocycles. The van der Waals surface area contributed by atoms with E-state index in [1.54, 1.807) is 0 Å². The van der Waals surface area contributed by atoms with Crippen molar-refractivity contribution >= 4 is 37.6 Å². The molecule has 96 valence electrons. The highest BCUT2D eigenvalue weighted by Gasteiger charge is 2.15. The zero-order valence-electron chi connectivity index (χ0n) is 9.36. The summed E-state index contributed by atoms with van der Waals surface area (Å²) in [6.45, 7) is 2.33. The van der Waals surface area contributed by atoms with Gasteiger partial charge in [0.15, 0.2) is 0 Å². The molecule has 0 radical (unpaired) electrons. The molecule has 4 nitrogen and oxygen atoms in total. The van der Waals surface area contributed by atoms with Gasteiger partial charge in [0.1, 0.15) is 4.90 Å². The van der Waals surface area contributed by atoms with Gasteiger partial charge in [0.2, 0.25) is 10.0 Å². The van der Waals surface area contributed by atoms with Crippen LogP contribution in [-0.4, -0.2) is 25.8 Å². The van der Waals surface area contributed by atoms with Crippen LogP contribution in [0.1, 0.15) is 13.3 Å². The van der Waals surface area contributed by atoms with Crippen LogP contribution in [0.4, 0.5) is 0 Å². The fraction of sp³-hybridized carbons (Fsp3) is 0.500. The number of hydrogen-bond acceptors (Lipinski definition) is 3. The van der Waals surface area contributed by atoms with Gasteiger partial charge in [0.25, 0.3) is 0 Å². The van der Waals surface area contributed by atoms with Crippen molar-refractivity contribution in [2.75, 3.05) is 12.4 Å². The van der Waals surface area contributed by atoms with Gasteiger partial charge in [-0.15, -0.1) is 11.6 Å². The van der Waals surface area contributed by atoms with E-state index in [-0.39, 0.29) is 10.8 Å². The van der Waals surface area contributed by atoms with E-state index < -0.39 is 10.0 Å². The van der Waals surface area contributed by atoms with Crippen LogP contribution in [0.25, 0.3) is 0 Å². The second-order valence-electron chi connectivity index (χ2n) is 3.77. The Morgan fingerprint density at radius 1 is 1.53 bits per heavy atom. The van der Waals surface area contributed by atoms with E-state index in [4.69, 9.17) is 11.6 Å². The van der Waals surface area contributed by atoms with Gasteiger partial charge in [0.05, 0.1) is 0 Å². The number of rotatable bonds is 6. The Morgan fingerprint density at radius 3 is 2.82 bits per heavy atom. The van der Waals surface area contributed by atoms with E-state index in [0.29, 0.717) is 16.9 Å². The maximum Gasteiger partial charge on any atom is 0.242 e. The molecule has 1 aromatic heterocycles. The van der Waals surface area contributed by atoms with Crippen molar-refractivity contribution in [1.29, 1.82) is 0 Å². The molecule has 0 aliphatic carbocycles. The van der Waals surface area contributed by atoms with Crippen LogP contribution in [-0.2, 0) is 10.0 Å². The third kappa shape index (κ3) is 4.91. The molecular weight excluding hydrogens is 328 g/mol. The Labute approximate surface area is 115 Å². The first kappa shape index (κ1) is 14.9. The first-order chi connectivity index (χ1) is 7.95. The molecule has 1 rings (SSSR count). The number of hydrogen-bond donors (Lipinski definition) is 1. The van der Waals surface area contributed by atoms with Crippen molar-refractivity contribution in [2.24, 2.45) is 5.92 Å². The molecule has 0 bridgehead atoms. The van der Waals surface area contributed by atoms with Gasteiger partial charge < -0.3 is 0 Å². The maximum atomic E-state index is 11.9. The number of halogens is 2. The number of nitrogens with one attached hydrogen (secondary N) is 1. The molecule has 1 unspecified atom stereocenters. The third-order valence-corrected chi connectivity index (χ3v) is 4.26. The lowest BCUT2D eigenvalue weighted by Gasteiger charge is -2.11. The van der Waals surface area contributed by atoms with Gasteiger partial charge in [-0.25, -0.2) is 13.1 Å². The molecule has 1 atom stereocenters. The molecule has 1 aromatic rings. The van der Waals surface area contributed by atoms with Crippen LogP contribution in [0.5, 0.6) is 0 Å². The van der Waals surface area contributed by atoms with E-state index >= 15 is 0 Å². The normalized spacial score (nSPS) is 13.6. The highest BCUT2D eigenvalue weighted by Crippen LogP contribution is 2.14. The number of pyridine rings is 1. The van der Waals surface area contributed by atoms with Gasteiger partial charge in [-0.3, -0.25) is 4.98 Å². The monoisotopic (exact) mass is 340 g/mol. The maximum absolute atomic E-state index is 11.9. The van der Waals surface area contributed by atoms with Crippen molar-refractivity contribution in [1.82, 2.24) is 9.71 Å². The van der Waals surface area contributed by atoms with Gasteiger partial charge >= 0.3 is 0 Å². The molecule has 1 N–H and O–H groups in total. The standard InChI is InChI=1S/C10H14BrClN2O2S/c1-8(2-3-12)5-14-17(15,16)10-4-9(11)6-13-7-10/h4,6-8,14H,2-3,5H2,1H3. The molecule has 0 aromatic carbocycles. The molecule has 0 saturated heterocycles. The number of sulfonamides is 1. The predicted molar refractivity (Wildman–Crippen MR) is 71.6 cm³/mol. The van der Waals surface area contributed by atoms with Crippen molar-refractivity contribution in [2.45, 2.75) is 18.2 Å². The Morgan fingerprint density at radius 2 is 2.24 bits per heavy atom. The Bertz CT molecular complexity index is 467. The minimum Gasteiger partial charge on any atom is -0.262 e. The largest absolute Gasteiger partial charge is 0.262 e. The van der Waals surface area contributed by atoms with Crippen LogP contribution in [0.3, 0.4) is 0 Å². The summed E-state index contributed by atoms with van der Waals surface area (Å²) in [4.78, 5) is 3.98. The summed E-state index contributed by atoms with van der Waals surface area (Å²) in [5, 5.41) is 0. The Kier molecular flexibility index (Phi) is 5.85. The Hall–Kier alpha value is -0.170. The Balaban J connectivity index is 2.69. The van der Waals surface area contributed by atoms with Gasteiger partial charge in [-0.05, 0) is 34.3 Å². The van der Waals surface area contributed by atoms with Crippen molar-refractivity contribution in [3.63, 3.8) is 0 Å². The van der Waals surface area contributed by atoms with Crippen LogP contribution in [0.2, 0.25) is 0 Å². The van der Waals surface area contributed by atoms with E-state index in [9.17, 15) is 8.42 Å². The minimum atomic E-state index is -3.48. The summed E-state index contributed by atoms with van der Waals surface area (Å²) in [6, 6.07) is 1.52. The zero-order valence-corrected chi connectivity index (χ0v) is 12.5. The second kappa shape index (κ2) is 6.68. The van der Waals surface area contributed by atoms with E-state index in [0.717, 1.165) is 6.42 Å². The second-order valence-corrected chi connectivity index (χ2v) is 6.83. The van der Waals surface area contributed by atoms with E-state index in [1.165, 1.54) is 18.5 Å². The highest BCUT2D eigenvalue weighted by atomic mass is 79.9. The molecule has 1 heterocycles. The quantitative estimate of drug-likeness (QED) is 0.808. The fourth-order valence-electron chi connectivity index (χ4n) is 1.16. The van der Waals surface area contributed by atoms with Crippen LogP contribution in [0.15, 0.2) is 27.8 Å². The summed E-state index contributed by atoms with van der Waals surface area (Å²) >= 11 is 8.78. The molecule has 17 heavy (non-hydrogen) atoms. The zero-order chi connectivity index (χ0) is 12.9. The molecule has 0 amide bonds. The molecule has 0 fully saturated rings. The van der Waals surface area contributed by atoms with Crippen molar-refractivity contribution < 1.29 is 8.42 Å². The average molecular weight is 342 g/mol. The van der Waals surface area contributed by atoms with Crippen LogP contribution >= 0.6 is 27.5 Å². The average Bonchev–Trinajstić information content (AvgIpc) is 2.27. The number of alkyl halides is 1. The lowest BCUT2D eigenvalue weighted by molar-refractivity contribution is 0.530. The smallest absolute Gasteiger partial charge is 0.242 e. The topological polar surface area (TPSA) is 59.1 Å². The molecular formula is C10H14BrClN2O2S. The summed E-state index contributed by atoms with van der Waals surface area (Å²) in [5.41, 5.74) is 0. The lowest BCUT2D eigenvalue weighted by Crippen LogP contribution is -2.28. The van der Waals surface area contributed by atoms with E-state index in [2.05, 4.69) is 25.6 Å². The molecule has 0 aliphatic rings. The van der Waals surface area contributed by atoms with Crippen molar-refractivity contribution in [3.05, 3.63) is 22.9 Å². The molecule has 0 spiro atoms. The van der Waals surface area contributed by atoms with Gasteiger partial charge in [-0.2, -0.15) is 0 Å². The lowest BCUT2D eigenvalue weighted by atomic mass is 10.1. The minimum absolute atomic E-state index is 0.157. The first-order valence-electron chi connectivity index (χ1n) is 5.12. The number of aromatic nitrogens is 1. The van der Waals surface area contributed by atoms with Crippen molar-refractivity contribution in [3.8, 4) is 0 Å². The summed E-state index contributed by atoms with van der Waals surface area (Å²) in [7, 11) is -3.48. The van der Waals surface area contributed by atoms with Gasteiger partial charge in [0, 0.05) is 29.3 Å².